The van der Waals surface area contributed by atoms with Crippen LogP contribution in [0.4, 0.5) is 5.69 Å². The van der Waals surface area contributed by atoms with Gasteiger partial charge in [0, 0.05) is 49.0 Å². The van der Waals surface area contributed by atoms with Crippen LogP contribution in [-0.2, 0) is 11.2 Å². The Labute approximate surface area is 233 Å². The van der Waals surface area contributed by atoms with E-state index in [1.807, 2.05) is 46.2 Å². The van der Waals surface area contributed by atoms with Gasteiger partial charge in [-0.05, 0) is 59.9 Å². The van der Waals surface area contributed by atoms with Gasteiger partial charge in [-0.25, -0.2) is 0 Å². The molecule has 39 heavy (non-hydrogen) atoms. The summed E-state index contributed by atoms with van der Waals surface area (Å²) in [4.78, 5) is 34.4. The first-order valence-corrected chi connectivity index (χ1v) is 13.7. The lowest BCUT2D eigenvalue weighted by molar-refractivity contribution is -0.135. The summed E-state index contributed by atoms with van der Waals surface area (Å²) in [5.74, 6) is 0.414. The van der Waals surface area contributed by atoms with Crippen molar-refractivity contribution in [2.24, 2.45) is 0 Å². The summed E-state index contributed by atoms with van der Waals surface area (Å²) in [6, 6.07) is 17.3. The molecule has 2 amide bonds. The Morgan fingerprint density at radius 3 is 2.36 bits per heavy atom. The van der Waals surface area contributed by atoms with E-state index >= 15 is 0 Å². The average molecular weight is 546 g/mol. The summed E-state index contributed by atoms with van der Waals surface area (Å²) in [5.41, 5.74) is 5.71. The minimum atomic E-state index is -0.543. The lowest BCUT2D eigenvalue weighted by Gasteiger charge is -2.47. The number of rotatable bonds is 4. The second kappa shape index (κ2) is 10.1. The second-order valence-electron chi connectivity index (χ2n) is 10.4. The molecule has 0 radical (unpaired) electrons. The summed E-state index contributed by atoms with van der Waals surface area (Å²) in [6.07, 6.45) is 0.763. The summed E-state index contributed by atoms with van der Waals surface area (Å²) >= 11 is 6.29. The number of aryl methyl sites for hydroxylation is 1. The molecular formula is C31H32ClN3O4. The minimum Gasteiger partial charge on any atom is -0.493 e. The molecule has 0 aliphatic carbocycles. The van der Waals surface area contributed by atoms with Crippen molar-refractivity contribution in [3.8, 4) is 11.5 Å². The Morgan fingerprint density at radius 1 is 0.897 bits per heavy atom. The van der Waals surface area contributed by atoms with E-state index in [-0.39, 0.29) is 17.9 Å². The molecule has 0 bridgehead atoms. The lowest BCUT2D eigenvalue weighted by atomic mass is 9.75. The average Bonchev–Trinajstić information content (AvgIpc) is 2.97. The first-order valence-electron chi connectivity index (χ1n) is 13.4. The standard InChI is InChI=1S/C31H32ClN3O4/c1-19-8-9-21(32)16-25(19)33-12-14-34(15-13-33)31(37)28-23-17-26(38-2)27(39-3)18-24(23)30(36)35-11-10-20-6-4-5-7-22(20)29(28)35/h4-9,16-18,28-29H,10-15H2,1-3H3/t28-,29+/m0/s1. The Hall–Kier alpha value is -3.71. The predicted molar refractivity (Wildman–Crippen MR) is 151 cm³/mol. The monoisotopic (exact) mass is 545 g/mol. The van der Waals surface area contributed by atoms with Crippen LogP contribution in [0.3, 0.4) is 0 Å². The topological polar surface area (TPSA) is 62.3 Å². The number of anilines is 1. The summed E-state index contributed by atoms with van der Waals surface area (Å²) in [5, 5.41) is 0.706. The summed E-state index contributed by atoms with van der Waals surface area (Å²) < 4.78 is 11.1. The largest absolute Gasteiger partial charge is 0.493 e. The number of nitrogens with zero attached hydrogens (tertiary/aromatic N) is 3. The zero-order valence-corrected chi connectivity index (χ0v) is 23.2. The maximum Gasteiger partial charge on any atom is 0.254 e. The number of hydrogen-bond acceptors (Lipinski definition) is 5. The molecule has 0 spiro atoms. The molecule has 6 rings (SSSR count). The lowest BCUT2D eigenvalue weighted by Crippen LogP contribution is -2.54. The molecule has 202 valence electrons. The van der Waals surface area contributed by atoms with Crippen molar-refractivity contribution in [1.82, 2.24) is 9.80 Å². The molecule has 2 atom stereocenters. The first kappa shape index (κ1) is 25.6. The zero-order valence-electron chi connectivity index (χ0n) is 22.4. The van der Waals surface area contributed by atoms with E-state index in [1.165, 1.54) is 5.56 Å². The van der Waals surface area contributed by atoms with Crippen molar-refractivity contribution in [2.45, 2.75) is 25.3 Å². The normalized spacial score (nSPS) is 20.2. The highest BCUT2D eigenvalue weighted by Gasteiger charge is 2.48. The highest BCUT2D eigenvalue weighted by Crippen LogP contribution is 2.49. The van der Waals surface area contributed by atoms with E-state index in [1.54, 1.807) is 20.3 Å². The predicted octanol–water partition coefficient (Wildman–Crippen LogP) is 4.85. The van der Waals surface area contributed by atoms with Gasteiger partial charge in [-0.2, -0.15) is 0 Å². The highest BCUT2D eigenvalue weighted by molar-refractivity contribution is 6.30. The van der Waals surface area contributed by atoms with Crippen molar-refractivity contribution in [1.29, 1.82) is 0 Å². The fraction of sp³-hybridized carbons (Fsp3) is 0.355. The summed E-state index contributed by atoms with van der Waals surface area (Å²) in [6.45, 7) is 5.25. The van der Waals surface area contributed by atoms with E-state index < -0.39 is 5.92 Å². The number of carbonyl (C=O) groups excluding carboxylic acids is 2. The SMILES string of the molecule is COc1cc2c(cc1OC)[C@H](C(=O)N1CCN(c3cc(Cl)ccc3C)CC1)[C@H]1c3ccccc3CCN1C2=O. The summed E-state index contributed by atoms with van der Waals surface area (Å²) in [7, 11) is 3.13. The Balaban J connectivity index is 1.38. The van der Waals surface area contributed by atoms with Crippen LogP contribution in [0.5, 0.6) is 11.5 Å². The van der Waals surface area contributed by atoms with Crippen molar-refractivity contribution in [3.63, 3.8) is 0 Å². The van der Waals surface area contributed by atoms with E-state index in [4.69, 9.17) is 21.1 Å². The number of ether oxygens (including phenoxy) is 2. The number of amides is 2. The molecule has 3 aromatic rings. The van der Waals surface area contributed by atoms with Gasteiger partial charge >= 0.3 is 0 Å². The maximum absolute atomic E-state index is 14.5. The Bertz CT molecular complexity index is 1450. The molecule has 8 heteroatoms. The fourth-order valence-electron chi connectivity index (χ4n) is 6.40. The van der Waals surface area contributed by atoms with Crippen LogP contribution in [0.2, 0.25) is 5.02 Å². The van der Waals surface area contributed by atoms with Crippen LogP contribution in [0.1, 0.15) is 44.6 Å². The van der Waals surface area contributed by atoms with E-state index in [0.29, 0.717) is 60.4 Å². The molecule has 0 unspecified atom stereocenters. The van der Waals surface area contributed by atoms with Gasteiger partial charge in [0.25, 0.3) is 5.91 Å². The van der Waals surface area contributed by atoms with E-state index in [0.717, 1.165) is 23.2 Å². The third-order valence-corrected chi connectivity index (χ3v) is 8.63. The van der Waals surface area contributed by atoms with Gasteiger partial charge in [-0.15, -0.1) is 0 Å². The van der Waals surface area contributed by atoms with Crippen molar-refractivity contribution in [3.05, 3.63) is 87.4 Å². The third-order valence-electron chi connectivity index (χ3n) is 8.40. The number of benzene rings is 3. The molecule has 3 aliphatic rings. The van der Waals surface area contributed by atoms with Crippen LogP contribution < -0.4 is 14.4 Å². The molecule has 0 N–H and O–H groups in total. The number of methoxy groups -OCH3 is 2. The number of piperazine rings is 1. The number of hydrogen-bond donors (Lipinski definition) is 0. The molecule has 3 heterocycles. The van der Waals surface area contributed by atoms with E-state index in [2.05, 4.69) is 24.0 Å². The molecule has 7 nitrogen and oxygen atoms in total. The van der Waals surface area contributed by atoms with Crippen molar-refractivity contribution >= 4 is 29.1 Å². The van der Waals surface area contributed by atoms with Crippen LogP contribution >= 0.6 is 11.6 Å². The third kappa shape index (κ3) is 4.29. The van der Waals surface area contributed by atoms with Crippen molar-refractivity contribution in [2.75, 3.05) is 51.8 Å². The minimum absolute atomic E-state index is 0.0325. The van der Waals surface area contributed by atoms with Gasteiger partial charge in [-0.1, -0.05) is 41.9 Å². The molecule has 3 aliphatic heterocycles. The molecular weight excluding hydrogens is 514 g/mol. The highest BCUT2D eigenvalue weighted by atomic mass is 35.5. The maximum atomic E-state index is 14.5. The smallest absolute Gasteiger partial charge is 0.254 e. The van der Waals surface area contributed by atoms with Crippen LogP contribution in [0, 0.1) is 6.92 Å². The van der Waals surface area contributed by atoms with Gasteiger partial charge in [-0.3, -0.25) is 9.59 Å². The number of fused-ring (bicyclic) bond motifs is 4. The van der Waals surface area contributed by atoms with Gasteiger partial charge in [0.05, 0.1) is 26.2 Å². The molecule has 1 saturated heterocycles. The quantitative estimate of drug-likeness (QED) is 0.469. The molecule has 1 fully saturated rings. The van der Waals surface area contributed by atoms with Crippen molar-refractivity contribution < 1.29 is 19.1 Å². The van der Waals surface area contributed by atoms with Gasteiger partial charge in [0.2, 0.25) is 5.91 Å². The van der Waals surface area contributed by atoms with Gasteiger partial charge in [0.15, 0.2) is 11.5 Å². The number of halogens is 1. The fourth-order valence-corrected chi connectivity index (χ4v) is 6.57. The van der Waals surface area contributed by atoms with Gasteiger partial charge < -0.3 is 24.2 Å². The molecule has 3 aromatic carbocycles. The van der Waals surface area contributed by atoms with Crippen LogP contribution in [0.15, 0.2) is 54.6 Å². The zero-order chi connectivity index (χ0) is 27.3. The molecule has 0 saturated carbocycles. The Kier molecular flexibility index (Phi) is 6.63. The number of carbonyl (C=O) groups is 2. The molecule has 0 aromatic heterocycles. The second-order valence-corrected chi connectivity index (χ2v) is 10.8. The Morgan fingerprint density at radius 2 is 1.62 bits per heavy atom. The first-order chi connectivity index (χ1) is 18.9. The van der Waals surface area contributed by atoms with E-state index in [9.17, 15) is 9.59 Å². The van der Waals surface area contributed by atoms with Crippen LogP contribution in [-0.4, -0.2) is 68.6 Å². The van der Waals surface area contributed by atoms with Gasteiger partial charge in [0.1, 0.15) is 0 Å². The van der Waals surface area contributed by atoms with Crippen LogP contribution in [0.25, 0.3) is 0 Å².